The summed E-state index contributed by atoms with van der Waals surface area (Å²) in [5, 5.41) is 6.01. The second-order valence-electron chi connectivity index (χ2n) is 5.69. The van der Waals surface area contributed by atoms with Crippen LogP contribution in [0.25, 0.3) is 0 Å². The van der Waals surface area contributed by atoms with Crippen molar-refractivity contribution in [2.75, 3.05) is 25.0 Å². The highest BCUT2D eigenvalue weighted by atomic mass is 79.9. The molecule has 0 aliphatic carbocycles. The number of nitrogens with one attached hydrogen (secondary N) is 2. The van der Waals surface area contributed by atoms with E-state index in [0.29, 0.717) is 22.5 Å². The van der Waals surface area contributed by atoms with Gasteiger partial charge in [0.2, 0.25) is 0 Å². The number of piperazine rings is 1. The van der Waals surface area contributed by atoms with Crippen LogP contribution in [0.4, 0.5) is 5.69 Å². The topological polar surface area (TPSA) is 74.6 Å². The molecule has 0 spiro atoms. The molecule has 2 N–H and O–H groups in total. The molecule has 1 aliphatic heterocycles. The van der Waals surface area contributed by atoms with Crippen LogP contribution in [-0.2, 0) is 0 Å². The maximum atomic E-state index is 12.7. The van der Waals surface area contributed by atoms with Gasteiger partial charge in [0.15, 0.2) is 10.4 Å². The van der Waals surface area contributed by atoms with E-state index >= 15 is 0 Å². The molecule has 6 nitrogen and oxygen atoms in total. The number of nitrogens with zero attached hydrogens (tertiary/aromatic N) is 1. The van der Waals surface area contributed by atoms with Gasteiger partial charge in [-0.1, -0.05) is 6.07 Å². The number of benzene rings is 1. The monoisotopic (exact) mass is 391 g/mol. The third kappa shape index (κ3) is 3.68. The first-order valence-electron chi connectivity index (χ1n) is 7.73. The lowest BCUT2D eigenvalue weighted by Crippen LogP contribution is -2.52. The normalized spacial score (nSPS) is 17.6. The molecule has 1 atom stereocenters. The van der Waals surface area contributed by atoms with Gasteiger partial charge in [-0.2, -0.15) is 0 Å². The van der Waals surface area contributed by atoms with Crippen molar-refractivity contribution in [1.29, 1.82) is 0 Å². The van der Waals surface area contributed by atoms with Gasteiger partial charge < -0.3 is 20.0 Å². The Bertz CT molecular complexity index is 759. The zero-order valence-corrected chi connectivity index (χ0v) is 14.8. The molecule has 3 rings (SSSR count). The van der Waals surface area contributed by atoms with Gasteiger partial charge in [0.25, 0.3) is 11.8 Å². The van der Waals surface area contributed by atoms with E-state index in [9.17, 15) is 9.59 Å². The average Bonchev–Trinajstić information content (AvgIpc) is 3.01. The molecular formula is C17H18BrN3O3. The van der Waals surface area contributed by atoms with Crippen molar-refractivity contribution in [3.63, 3.8) is 0 Å². The highest BCUT2D eigenvalue weighted by Crippen LogP contribution is 2.18. The number of halogens is 1. The summed E-state index contributed by atoms with van der Waals surface area (Å²) in [6.45, 7) is 4.27. The zero-order chi connectivity index (χ0) is 17.1. The van der Waals surface area contributed by atoms with Crippen LogP contribution in [0.5, 0.6) is 0 Å². The Hall–Kier alpha value is -2.12. The summed E-state index contributed by atoms with van der Waals surface area (Å²) in [4.78, 5) is 26.7. The van der Waals surface area contributed by atoms with E-state index in [-0.39, 0.29) is 23.6 Å². The van der Waals surface area contributed by atoms with Gasteiger partial charge in [-0.3, -0.25) is 9.59 Å². The van der Waals surface area contributed by atoms with Crippen molar-refractivity contribution in [2.45, 2.75) is 13.0 Å². The fourth-order valence-corrected chi connectivity index (χ4v) is 2.97. The van der Waals surface area contributed by atoms with E-state index in [1.54, 1.807) is 36.4 Å². The molecule has 0 bridgehead atoms. The Morgan fingerprint density at radius 2 is 2.17 bits per heavy atom. The molecule has 1 aliphatic rings. The van der Waals surface area contributed by atoms with Gasteiger partial charge in [0.1, 0.15) is 0 Å². The van der Waals surface area contributed by atoms with Gasteiger partial charge in [0, 0.05) is 36.9 Å². The Morgan fingerprint density at radius 1 is 1.33 bits per heavy atom. The third-order valence-electron chi connectivity index (χ3n) is 3.93. The quantitative estimate of drug-likeness (QED) is 0.843. The van der Waals surface area contributed by atoms with E-state index in [4.69, 9.17) is 4.42 Å². The molecule has 2 aromatic rings. The van der Waals surface area contributed by atoms with E-state index in [1.165, 1.54) is 0 Å². The third-order valence-corrected chi connectivity index (χ3v) is 4.35. The molecular weight excluding hydrogens is 374 g/mol. The minimum absolute atomic E-state index is 0.0270. The number of hydrogen-bond donors (Lipinski definition) is 2. The molecule has 1 aromatic heterocycles. The summed E-state index contributed by atoms with van der Waals surface area (Å²) >= 11 is 3.16. The number of rotatable bonds is 3. The number of anilines is 1. The lowest BCUT2D eigenvalue weighted by molar-refractivity contribution is 0.0655. The second kappa shape index (κ2) is 7.19. The number of amides is 2. The summed E-state index contributed by atoms with van der Waals surface area (Å²) in [5.41, 5.74) is 1.11. The van der Waals surface area contributed by atoms with E-state index in [1.807, 2.05) is 11.8 Å². The van der Waals surface area contributed by atoms with Crippen LogP contribution in [-0.4, -0.2) is 42.4 Å². The summed E-state index contributed by atoms with van der Waals surface area (Å²) in [6.07, 6.45) is 0. The lowest BCUT2D eigenvalue weighted by Gasteiger charge is -2.34. The van der Waals surface area contributed by atoms with Crippen LogP contribution in [0.1, 0.15) is 27.8 Å². The standard InChI is InChI=1S/C17H18BrN3O3/c1-11-10-19-7-8-21(11)17(23)12-3-2-4-13(9-12)20-16(22)14-5-6-15(18)24-14/h2-6,9,11,19H,7-8,10H2,1H3,(H,20,22)/t11-/m1/s1. The van der Waals surface area contributed by atoms with Crippen molar-refractivity contribution in [3.05, 3.63) is 52.4 Å². The van der Waals surface area contributed by atoms with Crippen molar-refractivity contribution >= 4 is 33.4 Å². The molecule has 2 heterocycles. The number of furan rings is 1. The summed E-state index contributed by atoms with van der Waals surface area (Å²) in [6, 6.07) is 10.3. The van der Waals surface area contributed by atoms with Crippen LogP contribution in [0, 0.1) is 0 Å². The highest BCUT2D eigenvalue weighted by molar-refractivity contribution is 9.10. The first-order chi connectivity index (χ1) is 11.5. The number of carbonyl (C=O) groups excluding carboxylic acids is 2. The predicted octanol–water partition coefficient (Wildman–Crippen LogP) is 2.73. The van der Waals surface area contributed by atoms with Crippen LogP contribution in [0.15, 0.2) is 45.5 Å². The number of carbonyl (C=O) groups is 2. The van der Waals surface area contributed by atoms with Crippen LogP contribution in [0.2, 0.25) is 0 Å². The van der Waals surface area contributed by atoms with Gasteiger partial charge in [-0.25, -0.2) is 0 Å². The fourth-order valence-electron chi connectivity index (χ4n) is 2.67. The zero-order valence-electron chi connectivity index (χ0n) is 13.2. The van der Waals surface area contributed by atoms with Crippen LogP contribution in [0.3, 0.4) is 0 Å². The molecule has 7 heteroatoms. The van der Waals surface area contributed by atoms with Crippen LogP contribution < -0.4 is 10.6 Å². The molecule has 1 saturated heterocycles. The molecule has 0 saturated carbocycles. The highest BCUT2D eigenvalue weighted by Gasteiger charge is 2.24. The van der Waals surface area contributed by atoms with E-state index in [2.05, 4.69) is 26.6 Å². The molecule has 0 unspecified atom stereocenters. The molecule has 0 radical (unpaired) electrons. The SMILES string of the molecule is C[C@@H]1CNCCN1C(=O)c1cccc(NC(=O)c2ccc(Br)o2)c1. The van der Waals surface area contributed by atoms with Gasteiger partial charge in [-0.05, 0) is 53.2 Å². The average molecular weight is 392 g/mol. The molecule has 1 aromatic carbocycles. The Labute approximate surface area is 148 Å². The van der Waals surface area contributed by atoms with Gasteiger partial charge >= 0.3 is 0 Å². The summed E-state index contributed by atoms with van der Waals surface area (Å²) in [5.74, 6) is -0.184. The van der Waals surface area contributed by atoms with E-state index < -0.39 is 0 Å². The maximum Gasteiger partial charge on any atom is 0.291 e. The Kier molecular flexibility index (Phi) is 5.01. The largest absolute Gasteiger partial charge is 0.444 e. The Morgan fingerprint density at radius 3 is 2.88 bits per heavy atom. The smallest absolute Gasteiger partial charge is 0.291 e. The first-order valence-corrected chi connectivity index (χ1v) is 8.52. The minimum Gasteiger partial charge on any atom is -0.444 e. The second-order valence-corrected chi connectivity index (χ2v) is 6.47. The molecule has 24 heavy (non-hydrogen) atoms. The van der Waals surface area contributed by atoms with E-state index in [0.717, 1.165) is 13.1 Å². The molecule has 2 amide bonds. The van der Waals surface area contributed by atoms with Crippen molar-refractivity contribution in [2.24, 2.45) is 0 Å². The molecule has 1 fully saturated rings. The summed E-state index contributed by atoms with van der Waals surface area (Å²) in [7, 11) is 0. The summed E-state index contributed by atoms with van der Waals surface area (Å²) < 4.78 is 5.72. The predicted molar refractivity (Wildman–Crippen MR) is 94.2 cm³/mol. The van der Waals surface area contributed by atoms with Crippen molar-refractivity contribution < 1.29 is 14.0 Å². The number of hydrogen-bond acceptors (Lipinski definition) is 4. The maximum absolute atomic E-state index is 12.7. The van der Waals surface area contributed by atoms with Gasteiger partial charge in [0.05, 0.1) is 0 Å². The Balaban J connectivity index is 1.74. The first kappa shape index (κ1) is 16.7. The fraction of sp³-hybridized carbons (Fsp3) is 0.294. The van der Waals surface area contributed by atoms with Crippen molar-refractivity contribution in [3.8, 4) is 0 Å². The van der Waals surface area contributed by atoms with Gasteiger partial charge in [-0.15, -0.1) is 0 Å². The molecule has 126 valence electrons. The van der Waals surface area contributed by atoms with Crippen LogP contribution >= 0.6 is 15.9 Å². The van der Waals surface area contributed by atoms with Crippen molar-refractivity contribution in [1.82, 2.24) is 10.2 Å². The lowest BCUT2D eigenvalue weighted by atomic mass is 10.1. The minimum atomic E-state index is -0.360.